The van der Waals surface area contributed by atoms with Gasteiger partial charge in [-0.05, 0) is 62.8 Å². The molecule has 2 aliphatic rings. The average molecular weight is 329 g/mol. The number of nitrogens with one attached hydrogen (secondary N) is 1. The molecule has 0 bridgehead atoms. The van der Waals surface area contributed by atoms with E-state index in [0.29, 0.717) is 12.1 Å². The van der Waals surface area contributed by atoms with E-state index in [2.05, 4.69) is 42.3 Å². The lowest BCUT2D eigenvalue weighted by Crippen LogP contribution is -2.50. The van der Waals surface area contributed by atoms with E-state index in [9.17, 15) is 4.79 Å². The van der Waals surface area contributed by atoms with Crippen LogP contribution in [0, 0.1) is 13.8 Å². The summed E-state index contributed by atoms with van der Waals surface area (Å²) in [5.74, 6) is 0. The fourth-order valence-electron chi connectivity index (χ4n) is 4.58. The van der Waals surface area contributed by atoms with E-state index in [1.54, 1.807) is 0 Å². The van der Waals surface area contributed by atoms with Gasteiger partial charge in [0, 0.05) is 17.8 Å². The molecule has 0 aromatic heterocycles. The quantitative estimate of drug-likeness (QED) is 0.747. The summed E-state index contributed by atoms with van der Waals surface area (Å²) in [6.07, 6.45) is 12.4. The van der Waals surface area contributed by atoms with Crippen molar-refractivity contribution in [2.45, 2.75) is 90.1 Å². The lowest BCUT2D eigenvalue weighted by atomic mass is 9.89. The average Bonchev–Trinajstić information content (AvgIpc) is 2.56. The molecule has 2 amide bonds. The van der Waals surface area contributed by atoms with Crippen molar-refractivity contribution < 1.29 is 4.79 Å². The number of rotatable bonds is 3. The second-order valence-electron chi connectivity index (χ2n) is 7.80. The highest BCUT2D eigenvalue weighted by Crippen LogP contribution is 2.31. The van der Waals surface area contributed by atoms with Crippen molar-refractivity contribution in [2.24, 2.45) is 0 Å². The van der Waals surface area contributed by atoms with Crippen LogP contribution in [0.5, 0.6) is 0 Å². The molecule has 3 rings (SSSR count). The Labute approximate surface area is 146 Å². The van der Waals surface area contributed by atoms with Crippen LogP contribution in [0.4, 0.5) is 10.5 Å². The van der Waals surface area contributed by atoms with Crippen molar-refractivity contribution in [3.8, 4) is 0 Å². The summed E-state index contributed by atoms with van der Waals surface area (Å²) in [4.78, 5) is 15.4. The van der Waals surface area contributed by atoms with Crippen LogP contribution >= 0.6 is 0 Å². The van der Waals surface area contributed by atoms with E-state index in [1.807, 2.05) is 0 Å². The zero-order valence-corrected chi connectivity index (χ0v) is 15.3. The van der Waals surface area contributed by atoms with Gasteiger partial charge in [-0.1, -0.05) is 44.6 Å². The molecule has 0 unspecified atom stereocenters. The second-order valence-corrected chi connectivity index (χ2v) is 7.80. The molecule has 2 saturated carbocycles. The largest absolute Gasteiger partial charge is 0.322 e. The molecule has 132 valence electrons. The van der Waals surface area contributed by atoms with Crippen molar-refractivity contribution in [3.63, 3.8) is 0 Å². The Morgan fingerprint density at radius 1 is 0.833 bits per heavy atom. The Kier molecular flexibility index (Phi) is 5.80. The molecule has 0 atom stereocenters. The molecule has 2 aliphatic carbocycles. The van der Waals surface area contributed by atoms with E-state index in [0.717, 1.165) is 5.69 Å². The zero-order chi connectivity index (χ0) is 16.9. The monoisotopic (exact) mass is 328 g/mol. The van der Waals surface area contributed by atoms with E-state index >= 15 is 0 Å². The summed E-state index contributed by atoms with van der Waals surface area (Å²) in [5.41, 5.74) is 3.34. The predicted molar refractivity (Wildman–Crippen MR) is 101 cm³/mol. The lowest BCUT2D eigenvalue weighted by Gasteiger charge is -2.41. The van der Waals surface area contributed by atoms with Gasteiger partial charge in [0.15, 0.2) is 0 Å². The molecule has 0 spiro atoms. The van der Waals surface area contributed by atoms with Crippen molar-refractivity contribution in [2.75, 3.05) is 5.32 Å². The highest BCUT2D eigenvalue weighted by atomic mass is 16.2. The summed E-state index contributed by atoms with van der Waals surface area (Å²) >= 11 is 0. The van der Waals surface area contributed by atoms with Gasteiger partial charge in [0.1, 0.15) is 0 Å². The molecule has 0 saturated heterocycles. The minimum atomic E-state index is 0.124. The van der Waals surface area contributed by atoms with Crippen LogP contribution in [0.15, 0.2) is 18.2 Å². The number of urea groups is 1. The molecule has 2 fully saturated rings. The van der Waals surface area contributed by atoms with Crippen molar-refractivity contribution in [1.82, 2.24) is 4.90 Å². The predicted octanol–water partition coefficient (Wildman–Crippen LogP) is 5.80. The van der Waals surface area contributed by atoms with Gasteiger partial charge in [0.05, 0.1) is 0 Å². The maximum atomic E-state index is 13.1. The molecule has 0 heterocycles. The van der Waals surface area contributed by atoms with Crippen LogP contribution in [0.3, 0.4) is 0 Å². The van der Waals surface area contributed by atoms with Gasteiger partial charge in [-0.3, -0.25) is 0 Å². The molecule has 1 N–H and O–H groups in total. The molecule has 1 aromatic carbocycles. The smallest absolute Gasteiger partial charge is 0.319 e. The molecule has 0 radical (unpaired) electrons. The molecule has 3 nitrogen and oxygen atoms in total. The van der Waals surface area contributed by atoms with Crippen LogP contribution in [0.25, 0.3) is 0 Å². The van der Waals surface area contributed by atoms with E-state index < -0.39 is 0 Å². The molecule has 3 heteroatoms. The van der Waals surface area contributed by atoms with E-state index in [-0.39, 0.29) is 6.03 Å². The number of anilines is 1. The zero-order valence-electron chi connectivity index (χ0n) is 15.3. The van der Waals surface area contributed by atoms with Crippen molar-refractivity contribution >= 4 is 11.7 Å². The van der Waals surface area contributed by atoms with Crippen molar-refractivity contribution in [1.29, 1.82) is 0 Å². The highest BCUT2D eigenvalue weighted by Gasteiger charge is 2.32. The molecule has 24 heavy (non-hydrogen) atoms. The number of benzene rings is 1. The SMILES string of the molecule is Cc1cc(C)cc(NC(=O)N(C2CCCCC2)C2CCCCC2)c1. The van der Waals surface area contributed by atoms with E-state index in [1.165, 1.54) is 75.3 Å². The van der Waals surface area contributed by atoms with Crippen LogP contribution in [0.2, 0.25) is 0 Å². The topological polar surface area (TPSA) is 32.3 Å². The number of carbonyl (C=O) groups is 1. The number of aryl methyl sites for hydroxylation is 2. The van der Waals surface area contributed by atoms with Gasteiger partial charge in [-0.2, -0.15) is 0 Å². The summed E-state index contributed by atoms with van der Waals surface area (Å²) in [6, 6.07) is 7.30. The summed E-state index contributed by atoms with van der Waals surface area (Å²) in [7, 11) is 0. The van der Waals surface area contributed by atoms with Gasteiger partial charge in [-0.15, -0.1) is 0 Å². The third-order valence-electron chi connectivity index (χ3n) is 5.64. The third kappa shape index (κ3) is 4.31. The number of carbonyl (C=O) groups excluding carboxylic acids is 1. The Bertz CT molecular complexity index is 519. The first-order chi connectivity index (χ1) is 11.6. The standard InChI is InChI=1S/C21H32N2O/c1-16-13-17(2)15-18(14-16)22-21(24)23(19-9-5-3-6-10-19)20-11-7-4-8-12-20/h13-15,19-20H,3-12H2,1-2H3,(H,22,24). The maximum absolute atomic E-state index is 13.1. The first-order valence-electron chi connectivity index (χ1n) is 9.81. The first kappa shape index (κ1) is 17.3. The summed E-state index contributed by atoms with van der Waals surface area (Å²) in [6.45, 7) is 4.17. The molecule has 0 aliphatic heterocycles. The first-order valence-corrected chi connectivity index (χ1v) is 9.81. The van der Waals surface area contributed by atoms with E-state index in [4.69, 9.17) is 0 Å². The Morgan fingerprint density at radius 3 is 1.75 bits per heavy atom. The summed E-state index contributed by atoms with van der Waals surface area (Å²) < 4.78 is 0. The fourth-order valence-corrected chi connectivity index (χ4v) is 4.58. The number of hydrogen-bond acceptors (Lipinski definition) is 1. The normalized spacial score (nSPS) is 19.9. The van der Waals surface area contributed by atoms with Crippen molar-refractivity contribution in [3.05, 3.63) is 29.3 Å². The number of hydrogen-bond donors (Lipinski definition) is 1. The van der Waals surface area contributed by atoms with Gasteiger partial charge >= 0.3 is 6.03 Å². The molecular weight excluding hydrogens is 296 g/mol. The minimum Gasteiger partial charge on any atom is -0.319 e. The molecule has 1 aromatic rings. The second kappa shape index (κ2) is 8.04. The van der Waals surface area contributed by atoms with Gasteiger partial charge < -0.3 is 10.2 Å². The minimum absolute atomic E-state index is 0.124. The Balaban J connectivity index is 1.76. The van der Waals surface area contributed by atoms with Gasteiger partial charge in [0.2, 0.25) is 0 Å². The number of nitrogens with zero attached hydrogens (tertiary/aromatic N) is 1. The molecular formula is C21H32N2O. The van der Waals surface area contributed by atoms with Crippen LogP contribution in [-0.2, 0) is 0 Å². The Hall–Kier alpha value is -1.51. The van der Waals surface area contributed by atoms with Crippen LogP contribution < -0.4 is 5.32 Å². The van der Waals surface area contributed by atoms with Crippen LogP contribution in [0.1, 0.15) is 75.3 Å². The summed E-state index contributed by atoms with van der Waals surface area (Å²) in [5, 5.41) is 3.21. The van der Waals surface area contributed by atoms with Gasteiger partial charge in [0.25, 0.3) is 0 Å². The third-order valence-corrected chi connectivity index (χ3v) is 5.64. The number of amides is 2. The lowest BCUT2D eigenvalue weighted by molar-refractivity contribution is 0.114. The highest BCUT2D eigenvalue weighted by molar-refractivity contribution is 5.90. The van der Waals surface area contributed by atoms with Gasteiger partial charge in [-0.25, -0.2) is 4.79 Å². The van der Waals surface area contributed by atoms with Crippen LogP contribution in [-0.4, -0.2) is 23.0 Å². The fraction of sp³-hybridized carbons (Fsp3) is 0.667. The Morgan fingerprint density at radius 2 is 1.29 bits per heavy atom. The maximum Gasteiger partial charge on any atom is 0.322 e.